The molecule has 1 aliphatic heterocycles. The molecule has 3 heteroatoms. The number of nitrogens with zero attached hydrogens (tertiary/aromatic N) is 1. The number of aryl methyl sites for hydroxylation is 1. The van der Waals surface area contributed by atoms with Crippen LogP contribution in [0, 0.1) is 6.92 Å². The molecule has 0 aliphatic carbocycles. The fourth-order valence-corrected chi connectivity index (χ4v) is 1.63. The highest BCUT2D eigenvalue weighted by Crippen LogP contribution is 2.21. The van der Waals surface area contributed by atoms with Gasteiger partial charge in [-0.15, -0.1) is 0 Å². The maximum absolute atomic E-state index is 11.3. The Kier molecular flexibility index (Phi) is 2.00. The lowest BCUT2D eigenvalue weighted by atomic mass is 10.0. The monoisotopic (exact) mass is 176 g/mol. The van der Waals surface area contributed by atoms with Crippen molar-refractivity contribution in [1.82, 2.24) is 10.3 Å². The Morgan fingerprint density at radius 2 is 2.38 bits per heavy atom. The summed E-state index contributed by atoms with van der Waals surface area (Å²) in [7, 11) is 0. The molecule has 0 bridgehead atoms. The number of carbonyl (C=O) groups excluding carboxylic acids is 1. The number of carbonyl (C=O) groups is 1. The van der Waals surface area contributed by atoms with E-state index in [9.17, 15) is 4.79 Å². The van der Waals surface area contributed by atoms with Crippen LogP contribution in [0.25, 0.3) is 0 Å². The Morgan fingerprint density at radius 1 is 1.54 bits per heavy atom. The third-order valence-corrected chi connectivity index (χ3v) is 2.32. The Hall–Kier alpha value is -1.38. The maximum Gasteiger partial charge on any atom is 0.229 e. The third-order valence-electron chi connectivity index (χ3n) is 2.32. The number of nitrogens with one attached hydrogen (secondary N) is 1. The van der Waals surface area contributed by atoms with Crippen molar-refractivity contribution >= 4 is 5.91 Å². The summed E-state index contributed by atoms with van der Waals surface area (Å²) in [4.78, 5) is 15.7. The fourth-order valence-electron chi connectivity index (χ4n) is 1.63. The zero-order valence-electron chi connectivity index (χ0n) is 7.58. The van der Waals surface area contributed by atoms with E-state index in [1.54, 1.807) is 0 Å². The van der Waals surface area contributed by atoms with Gasteiger partial charge in [-0.05, 0) is 25.5 Å². The van der Waals surface area contributed by atoms with Gasteiger partial charge in [-0.1, -0.05) is 6.07 Å². The van der Waals surface area contributed by atoms with E-state index in [2.05, 4.69) is 10.3 Å². The van der Waals surface area contributed by atoms with Crippen molar-refractivity contribution in [2.45, 2.75) is 19.3 Å². The standard InChI is InChI=1S/C10H12N2O/c1-7-3-2-4-9(12-7)8-5-6-11-10(8)13/h2-4,8H,5-6H2,1H3,(H,11,13). The van der Waals surface area contributed by atoms with Crippen molar-refractivity contribution in [3.8, 4) is 0 Å². The normalized spacial score (nSPS) is 21.6. The Labute approximate surface area is 77.2 Å². The lowest BCUT2D eigenvalue weighted by Crippen LogP contribution is -2.18. The molecule has 1 aromatic rings. The molecule has 1 unspecified atom stereocenters. The zero-order valence-corrected chi connectivity index (χ0v) is 7.58. The molecule has 0 saturated carbocycles. The molecule has 68 valence electrons. The van der Waals surface area contributed by atoms with Gasteiger partial charge in [0.05, 0.1) is 11.6 Å². The highest BCUT2D eigenvalue weighted by molar-refractivity contribution is 5.85. The van der Waals surface area contributed by atoms with Gasteiger partial charge >= 0.3 is 0 Å². The highest BCUT2D eigenvalue weighted by Gasteiger charge is 2.26. The first-order chi connectivity index (χ1) is 6.27. The predicted molar refractivity (Wildman–Crippen MR) is 49.3 cm³/mol. The molecule has 13 heavy (non-hydrogen) atoms. The van der Waals surface area contributed by atoms with Crippen LogP contribution in [0.2, 0.25) is 0 Å². The second kappa shape index (κ2) is 3.17. The molecule has 1 amide bonds. The van der Waals surface area contributed by atoms with Crippen LogP contribution in [0.15, 0.2) is 18.2 Å². The van der Waals surface area contributed by atoms with E-state index in [-0.39, 0.29) is 11.8 Å². The van der Waals surface area contributed by atoms with Crippen LogP contribution < -0.4 is 5.32 Å². The largest absolute Gasteiger partial charge is 0.355 e. The molecule has 1 N–H and O–H groups in total. The summed E-state index contributed by atoms with van der Waals surface area (Å²) in [6.45, 7) is 2.72. The van der Waals surface area contributed by atoms with Crippen LogP contribution in [0.4, 0.5) is 0 Å². The van der Waals surface area contributed by atoms with E-state index in [1.807, 2.05) is 25.1 Å². The van der Waals surface area contributed by atoms with Crippen molar-refractivity contribution < 1.29 is 4.79 Å². The van der Waals surface area contributed by atoms with Crippen LogP contribution in [-0.4, -0.2) is 17.4 Å². The molecular weight excluding hydrogens is 164 g/mol. The zero-order chi connectivity index (χ0) is 9.26. The van der Waals surface area contributed by atoms with E-state index >= 15 is 0 Å². The lowest BCUT2D eigenvalue weighted by Gasteiger charge is -2.05. The summed E-state index contributed by atoms with van der Waals surface area (Å²) >= 11 is 0. The maximum atomic E-state index is 11.3. The van der Waals surface area contributed by atoms with Gasteiger partial charge in [0.1, 0.15) is 0 Å². The molecule has 0 spiro atoms. The molecule has 2 rings (SSSR count). The first-order valence-electron chi connectivity index (χ1n) is 4.48. The van der Waals surface area contributed by atoms with Crippen molar-refractivity contribution in [3.63, 3.8) is 0 Å². The smallest absolute Gasteiger partial charge is 0.229 e. The van der Waals surface area contributed by atoms with Crippen molar-refractivity contribution in [3.05, 3.63) is 29.6 Å². The fraction of sp³-hybridized carbons (Fsp3) is 0.400. The van der Waals surface area contributed by atoms with Gasteiger partial charge in [0, 0.05) is 12.2 Å². The number of aromatic nitrogens is 1. The number of hydrogen-bond acceptors (Lipinski definition) is 2. The van der Waals surface area contributed by atoms with Crippen LogP contribution in [-0.2, 0) is 4.79 Å². The first kappa shape index (κ1) is 8.23. The average molecular weight is 176 g/mol. The SMILES string of the molecule is Cc1cccc(C2CCNC2=O)n1. The summed E-state index contributed by atoms with van der Waals surface area (Å²) < 4.78 is 0. The summed E-state index contributed by atoms with van der Waals surface area (Å²) in [6.07, 6.45) is 0.870. The highest BCUT2D eigenvalue weighted by atomic mass is 16.2. The van der Waals surface area contributed by atoms with E-state index in [4.69, 9.17) is 0 Å². The Bertz CT molecular complexity index is 335. The van der Waals surface area contributed by atoms with Gasteiger partial charge < -0.3 is 5.32 Å². The van der Waals surface area contributed by atoms with Crippen LogP contribution >= 0.6 is 0 Å². The number of pyridine rings is 1. The molecule has 1 fully saturated rings. The van der Waals surface area contributed by atoms with Crippen molar-refractivity contribution in [2.24, 2.45) is 0 Å². The lowest BCUT2D eigenvalue weighted by molar-refractivity contribution is -0.120. The van der Waals surface area contributed by atoms with E-state index < -0.39 is 0 Å². The minimum Gasteiger partial charge on any atom is -0.355 e. The van der Waals surface area contributed by atoms with E-state index in [1.165, 1.54) is 0 Å². The average Bonchev–Trinajstić information content (AvgIpc) is 2.51. The van der Waals surface area contributed by atoms with Gasteiger partial charge in [-0.25, -0.2) is 0 Å². The summed E-state index contributed by atoms with van der Waals surface area (Å²) in [5, 5.41) is 2.81. The second-order valence-corrected chi connectivity index (χ2v) is 3.34. The molecule has 0 aromatic carbocycles. The van der Waals surface area contributed by atoms with Crippen LogP contribution in [0.1, 0.15) is 23.7 Å². The minimum absolute atomic E-state index is 0.0279. The van der Waals surface area contributed by atoms with Crippen molar-refractivity contribution in [2.75, 3.05) is 6.54 Å². The number of rotatable bonds is 1. The molecule has 3 nitrogen and oxygen atoms in total. The first-order valence-corrected chi connectivity index (χ1v) is 4.48. The predicted octanol–water partition coefficient (Wildman–Crippen LogP) is 0.994. The summed E-state index contributed by atoms with van der Waals surface area (Å²) in [5.74, 6) is 0.0815. The molecule has 2 heterocycles. The number of amides is 1. The quantitative estimate of drug-likeness (QED) is 0.693. The molecule has 1 aromatic heterocycles. The number of hydrogen-bond donors (Lipinski definition) is 1. The van der Waals surface area contributed by atoms with Crippen LogP contribution in [0.3, 0.4) is 0 Å². The second-order valence-electron chi connectivity index (χ2n) is 3.34. The molecule has 0 radical (unpaired) electrons. The minimum atomic E-state index is -0.0279. The van der Waals surface area contributed by atoms with Gasteiger partial charge in [0.15, 0.2) is 0 Å². The molecular formula is C10H12N2O. The Morgan fingerprint density at radius 3 is 3.00 bits per heavy atom. The third kappa shape index (κ3) is 1.54. The Balaban J connectivity index is 2.29. The van der Waals surface area contributed by atoms with E-state index in [0.29, 0.717) is 0 Å². The van der Waals surface area contributed by atoms with Gasteiger partial charge in [0.2, 0.25) is 5.91 Å². The summed E-state index contributed by atoms with van der Waals surface area (Å²) in [5.41, 5.74) is 1.87. The summed E-state index contributed by atoms with van der Waals surface area (Å²) in [6, 6.07) is 5.81. The van der Waals surface area contributed by atoms with Crippen LogP contribution in [0.5, 0.6) is 0 Å². The van der Waals surface area contributed by atoms with Gasteiger partial charge in [0.25, 0.3) is 0 Å². The molecule has 1 aliphatic rings. The topological polar surface area (TPSA) is 42.0 Å². The molecule has 1 atom stereocenters. The van der Waals surface area contributed by atoms with Gasteiger partial charge in [-0.3, -0.25) is 9.78 Å². The van der Waals surface area contributed by atoms with E-state index in [0.717, 1.165) is 24.4 Å². The van der Waals surface area contributed by atoms with Crippen molar-refractivity contribution in [1.29, 1.82) is 0 Å². The molecule has 1 saturated heterocycles. The van der Waals surface area contributed by atoms with Gasteiger partial charge in [-0.2, -0.15) is 0 Å².